The largest absolute Gasteiger partial charge is 0.352 e. The standard InChI is InChI=1S/C36H40FN3O4S/c1-25(2)38-36(42)34(22-29-11-7-6-8-12-29)39(23-30-16-18-31(37)19-17-30)35(41)24-40(33-13-9-10-27(4)28(33)5)45(43,44)32-20-14-26(3)15-21-32/h6-21,25,34H,22-24H2,1-5H3,(H,38,42)/t34-/m0/s1. The highest BCUT2D eigenvalue weighted by molar-refractivity contribution is 7.92. The molecule has 0 saturated heterocycles. The number of halogens is 1. The number of carbonyl (C=O) groups excluding carboxylic acids is 2. The minimum Gasteiger partial charge on any atom is -0.352 e. The number of sulfonamides is 1. The van der Waals surface area contributed by atoms with Crippen molar-refractivity contribution < 1.29 is 22.4 Å². The number of nitrogens with zero attached hydrogens (tertiary/aromatic N) is 2. The summed E-state index contributed by atoms with van der Waals surface area (Å²) in [7, 11) is -4.21. The minimum absolute atomic E-state index is 0.0344. The lowest BCUT2D eigenvalue weighted by molar-refractivity contribution is -0.140. The van der Waals surface area contributed by atoms with Crippen LogP contribution in [-0.2, 0) is 32.6 Å². The molecule has 9 heteroatoms. The highest BCUT2D eigenvalue weighted by atomic mass is 32.2. The number of benzene rings is 4. The molecule has 0 aromatic heterocycles. The van der Waals surface area contributed by atoms with Gasteiger partial charge in [-0.2, -0.15) is 0 Å². The van der Waals surface area contributed by atoms with E-state index in [-0.39, 0.29) is 29.8 Å². The predicted octanol–water partition coefficient (Wildman–Crippen LogP) is 6.11. The Morgan fingerprint density at radius 2 is 1.44 bits per heavy atom. The summed E-state index contributed by atoms with van der Waals surface area (Å²) in [6.07, 6.45) is 0.195. The molecular formula is C36H40FN3O4S. The number of carbonyl (C=O) groups is 2. The van der Waals surface area contributed by atoms with Gasteiger partial charge in [-0.1, -0.05) is 72.3 Å². The van der Waals surface area contributed by atoms with Crippen molar-refractivity contribution in [1.82, 2.24) is 10.2 Å². The van der Waals surface area contributed by atoms with Crippen LogP contribution in [0.4, 0.5) is 10.1 Å². The summed E-state index contributed by atoms with van der Waals surface area (Å²) >= 11 is 0. The summed E-state index contributed by atoms with van der Waals surface area (Å²) in [5, 5.41) is 2.93. The molecule has 7 nitrogen and oxygen atoms in total. The normalized spacial score (nSPS) is 12.1. The molecule has 1 atom stereocenters. The number of rotatable bonds is 12. The molecule has 0 aliphatic rings. The van der Waals surface area contributed by atoms with Crippen molar-refractivity contribution in [2.24, 2.45) is 0 Å². The SMILES string of the molecule is Cc1ccc(S(=O)(=O)N(CC(=O)N(Cc2ccc(F)cc2)[C@@H](Cc2ccccc2)C(=O)NC(C)C)c2cccc(C)c2C)cc1. The monoisotopic (exact) mass is 629 g/mol. The molecule has 0 fully saturated rings. The maximum absolute atomic E-state index is 14.5. The second kappa shape index (κ2) is 14.5. The Hall–Kier alpha value is -4.50. The minimum atomic E-state index is -4.21. The smallest absolute Gasteiger partial charge is 0.264 e. The van der Waals surface area contributed by atoms with E-state index >= 15 is 0 Å². The quantitative estimate of drug-likeness (QED) is 0.205. The van der Waals surface area contributed by atoms with Crippen LogP contribution >= 0.6 is 0 Å². The van der Waals surface area contributed by atoms with Crippen LogP contribution < -0.4 is 9.62 Å². The number of hydrogen-bond acceptors (Lipinski definition) is 4. The molecule has 0 radical (unpaired) electrons. The molecule has 1 N–H and O–H groups in total. The van der Waals surface area contributed by atoms with Gasteiger partial charge in [0.2, 0.25) is 11.8 Å². The number of aryl methyl sites for hydroxylation is 2. The van der Waals surface area contributed by atoms with Gasteiger partial charge < -0.3 is 10.2 Å². The van der Waals surface area contributed by atoms with Crippen molar-refractivity contribution in [3.63, 3.8) is 0 Å². The van der Waals surface area contributed by atoms with E-state index in [4.69, 9.17) is 0 Å². The Labute approximate surface area is 265 Å². The van der Waals surface area contributed by atoms with Gasteiger partial charge in [0.05, 0.1) is 10.6 Å². The first-order valence-electron chi connectivity index (χ1n) is 14.9. The Morgan fingerprint density at radius 3 is 2.07 bits per heavy atom. The number of amides is 2. The van der Waals surface area contributed by atoms with Gasteiger partial charge >= 0.3 is 0 Å². The van der Waals surface area contributed by atoms with Gasteiger partial charge in [0, 0.05) is 19.0 Å². The van der Waals surface area contributed by atoms with Crippen LogP contribution in [0.15, 0.2) is 102 Å². The van der Waals surface area contributed by atoms with E-state index in [1.165, 1.54) is 29.2 Å². The van der Waals surface area contributed by atoms with Crippen molar-refractivity contribution in [2.45, 2.75) is 64.6 Å². The van der Waals surface area contributed by atoms with Gasteiger partial charge in [-0.15, -0.1) is 0 Å². The third-order valence-corrected chi connectivity index (χ3v) is 9.47. The van der Waals surface area contributed by atoms with Crippen molar-refractivity contribution in [3.8, 4) is 0 Å². The molecule has 0 unspecified atom stereocenters. The molecule has 0 aliphatic carbocycles. The maximum Gasteiger partial charge on any atom is 0.264 e. The van der Waals surface area contributed by atoms with E-state index < -0.39 is 34.3 Å². The first kappa shape index (κ1) is 33.4. The lowest BCUT2D eigenvalue weighted by atomic mass is 10.0. The lowest BCUT2D eigenvalue weighted by Gasteiger charge is -2.34. The number of hydrogen-bond donors (Lipinski definition) is 1. The zero-order valence-electron chi connectivity index (χ0n) is 26.3. The molecule has 4 aromatic carbocycles. The first-order chi connectivity index (χ1) is 21.4. The summed E-state index contributed by atoms with van der Waals surface area (Å²) in [4.78, 5) is 29.7. The van der Waals surface area contributed by atoms with Crippen LogP contribution in [0, 0.1) is 26.6 Å². The molecule has 4 rings (SSSR count). The average Bonchev–Trinajstić information content (AvgIpc) is 3.00. The molecule has 0 heterocycles. The van der Waals surface area contributed by atoms with E-state index in [1.807, 2.05) is 71.0 Å². The third kappa shape index (κ3) is 8.36. The topological polar surface area (TPSA) is 86.8 Å². The molecule has 2 amide bonds. The third-order valence-electron chi connectivity index (χ3n) is 7.70. The molecule has 0 aliphatic heterocycles. The number of nitrogens with one attached hydrogen (secondary N) is 1. The van der Waals surface area contributed by atoms with Crippen molar-refractivity contribution in [1.29, 1.82) is 0 Å². The average molecular weight is 630 g/mol. The fourth-order valence-corrected chi connectivity index (χ4v) is 6.55. The van der Waals surface area contributed by atoms with E-state index in [0.717, 1.165) is 21.0 Å². The van der Waals surface area contributed by atoms with Crippen molar-refractivity contribution >= 4 is 27.5 Å². The summed E-state index contributed by atoms with van der Waals surface area (Å²) in [5.74, 6) is -1.37. The number of anilines is 1. The Morgan fingerprint density at radius 1 is 0.800 bits per heavy atom. The molecule has 45 heavy (non-hydrogen) atoms. The Bertz CT molecular complexity index is 1720. The van der Waals surface area contributed by atoms with Gasteiger partial charge in [-0.05, 0) is 87.2 Å². The zero-order chi connectivity index (χ0) is 32.7. The van der Waals surface area contributed by atoms with Gasteiger partial charge in [-0.25, -0.2) is 12.8 Å². The van der Waals surface area contributed by atoms with Gasteiger partial charge in [0.25, 0.3) is 10.0 Å². The van der Waals surface area contributed by atoms with Gasteiger partial charge in [0.1, 0.15) is 18.4 Å². The summed E-state index contributed by atoms with van der Waals surface area (Å²) in [6, 6.07) is 25.6. The fourth-order valence-electron chi connectivity index (χ4n) is 5.08. The second-order valence-electron chi connectivity index (χ2n) is 11.6. The Kier molecular flexibility index (Phi) is 10.8. The van der Waals surface area contributed by atoms with Crippen LogP contribution in [-0.4, -0.2) is 43.8 Å². The predicted molar refractivity (Wildman–Crippen MR) is 176 cm³/mol. The van der Waals surface area contributed by atoms with E-state index in [0.29, 0.717) is 16.8 Å². The molecule has 0 spiro atoms. The highest BCUT2D eigenvalue weighted by Gasteiger charge is 2.35. The van der Waals surface area contributed by atoms with Gasteiger partial charge in [-0.3, -0.25) is 13.9 Å². The van der Waals surface area contributed by atoms with Crippen molar-refractivity contribution in [3.05, 3.63) is 131 Å². The van der Waals surface area contributed by atoms with Gasteiger partial charge in [0.15, 0.2) is 0 Å². The maximum atomic E-state index is 14.5. The van der Waals surface area contributed by atoms with Crippen LogP contribution in [0.2, 0.25) is 0 Å². The van der Waals surface area contributed by atoms with E-state index in [9.17, 15) is 22.4 Å². The zero-order valence-corrected chi connectivity index (χ0v) is 27.1. The molecule has 236 valence electrons. The summed E-state index contributed by atoms with van der Waals surface area (Å²) in [5.41, 5.74) is 4.28. The lowest BCUT2D eigenvalue weighted by Crippen LogP contribution is -2.54. The molecule has 0 saturated carbocycles. The van der Waals surface area contributed by atoms with E-state index in [2.05, 4.69) is 5.32 Å². The second-order valence-corrected chi connectivity index (χ2v) is 13.4. The first-order valence-corrected chi connectivity index (χ1v) is 16.3. The van der Waals surface area contributed by atoms with Crippen LogP contribution in [0.25, 0.3) is 0 Å². The molecule has 0 bridgehead atoms. The molecular weight excluding hydrogens is 589 g/mol. The fraction of sp³-hybridized carbons (Fsp3) is 0.278. The Balaban J connectivity index is 1.83. The summed E-state index contributed by atoms with van der Waals surface area (Å²) in [6.45, 7) is 8.64. The van der Waals surface area contributed by atoms with Crippen LogP contribution in [0.1, 0.15) is 41.7 Å². The summed E-state index contributed by atoms with van der Waals surface area (Å²) < 4.78 is 43.4. The van der Waals surface area contributed by atoms with Crippen LogP contribution in [0.5, 0.6) is 0 Å². The molecule has 4 aromatic rings. The highest BCUT2D eigenvalue weighted by Crippen LogP contribution is 2.29. The van der Waals surface area contributed by atoms with E-state index in [1.54, 1.807) is 36.4 Å². The van der Waals surface area contributed by atoms with Crippen molar-refractivity contribution in [2.75, 3.05) is 10.8 Å². The van der Waals surface area contributed by atoms with Crippen LogP contribution in [0.3, 0.4) is 0 Å².